The van der Waals surface area contributed by atoms with Crippen molar-refractivity contribution in [1.82, 2.24) is 10.5 Å². The third kappa shape index (κ3) is 3.85. The molecule has 1 N–H and O–H groups in total. The largest absolute Gasteiger partial charge is 0.380 e. The van der Waals surface area contributed by atoms with Crippen molar-refractivity contribution >= 4 is 46.4 Å². The Morgan fingerprint density at radius 3 is 2.59 bits per heavy atom. The molecule has 0 spiro atoms. The highest BCUT2D eigenvalue weighted by molar-refractivity contribution is 6.76. The molecule has 0 fully saturated rings. The molecule has 0 radical (unpaired) electrons. The van der Waals surface area contributed by atoms with Gasteiger partial charge in [-0.2, -0.15) is 0 Å². The van der Waals surface area contributed by atoms with Crippen LogP contribution in [0.4, 0.5) is 8.78 Å². The van der Waals surface area contributed by atoms with Gasteiger partial charge in [-0.1, -0.05) is 40.0 Å². The predicted octanol–water partition coefficient (Wildman–Crippen LogP) is 4.30. The van der Waals surface area contributed by atoms with Crippen LogP contribution in [0.25, 0.3) is 11.3 Å². The van der Waals surface area contributed by atoms with Crippen molar-refractivity contribution in [3.63, 3.8) is 0 Å². The van der Waals surface area contributed by atoms with Crippen molar-refractivity contribution in [2.24, 2.45) is 0 Å². The van der Waals surface area contributed by atoms with E-state index in [9.17, 15) is 18.4 Å². The monoisotopic (exact) mass is 434 g/mol. The summed E-state index contributed by atoms with van der Waals surface area (Å²) in [6, 6.07) is 2.25. The molecule has 1 aliphatic heterocycles. The normalized spacial score (nSPS) is 16.8. The number of aromatic nitrogens is 1. The van der Waals surface area contributed by atoms with Gasteiger partial charge in [0.15, 0.2) is 17.4 Å². The number of nitrogens with zero attached hydrogens (tertiary/aromatic N) is 1. The van der Waals surface area contributed by atoms with E-state index in [1.807, 2.05) is 0 Å². The molecule has 5 nitrogen and oxygen atoms in total. The van der Waals surface area contributed by atoms with Gasteiger partial charge in [-0.3, -0.25) is 9.59 Å². The van der Waals surface area contributed by atoms with Crippen LogP contribution in [0.3, 0.4) is 0 Å². The van der Waals surface area contributed by atoms with Crippen LogP contribution in [0.1, 0.15) is 22.5 Å². The number of halogens is 5. The molecule has 1 unspecified atom stereocenters. The van der Waals surface area contributed by atoms with E-state index in [-0.39, 0.29) is 34.6 Å². The van der Waals surface area contributed by atoms with E-state index >= 15 is 0 Å². The standard InChI is InChI=1S/C17H11Cl3F2N2O3/c1-7-13(14(24-27-7)8-2-3-10(21)11(22)4-8)15(25)9-5-12(23-6-9)16(26)17(18,19)20/h2-4,6,12,23H,5H2,1H3. The lowest BCUT2D eigenvalue weighted by atomic mass is 9.96. The molecule has 10 heteroatoms. The van der Waals surface area contributed by atoms with Gasteiger partial charge < -0.3 is 9.84 Å². The van der Waals surface area contributed by atoms with Crippen LogP contribution < -0.4 is 5.32 Å². The summed E-state index contributed by atoms with van der Waals surface area (Å²) in [6.07, 6.45) is 1.34. The second-order valence-corrected chi connectivity index (χ2v) is 8.16. The van der Waals surface area contributed by atoms with Crippen molar-refractivity contribution < 1.29 is 22.9 Å². The maximum absolute atomic E-state index is 13.5. The van der Waals surface area contributed by atoms with Crippen LogP contribution in [0, 0.1) is 18.6 Å². The molecule has 27 heavy (non-hydrogen) atoms. The van der Waals surface area contributed by atoms with E-state index < -0.39 is 33.0 Å². The molecule has 1 atom stereocenters. The number of carbonyl (C=O) groups excluding carboxylic acids is 2. The van der Waals surface area contributed by atoms with Crippen LogP contribution in [-0.4, -0.2) is 26.6 Å². The third-order valence-corrected chi connectivity index (χ3v) is 4.61. The number of hydrogen-bond acceptors (Lipinski definition) is 5. The number of Topliss-reactive ketones (excluding diaryl/α,β-unsaturated/α-hetero) is 2. The minimum absolute atomic E-state index is 0.00653. The average Bonchev–Trinajstić information content (AvgIpc) is 3.22. The molecular weight excluding hydrogens is 425 g/mol. The van der Waals surface area contributed by atoms with Gasteiger partial charge in [0.1, 0.15) is 11.5 Å². The SMILES string of the molecule is Cc1onc(-c2ccc(F)c(F)c2)c1C(=O)C1=CNC(C(=O)C(Cl)(Cl)Cl)C1. The highest BCUT2D eigenvalue weighted by Gasteiger charge is 2.40. The summed E-state index contributed by atoms with van der Waals surface area (Å²) in [5.74, 6) is -3.10. The Labute approximate surface area is 167 Å². The number of alkyl halides is 3. The molecule has 0 saturated heterocycles. The molecule has 0 saturated carbocycles. The van der Waals surface area contributed by atoms with Crippen LogP contribution in [0.5, 0.6) is 0 Å². The molecule has 1 aromatic carbocycles. The molecule has 0 bridgehead atoms. The van der Waals surface area contributed by atoms with Crippen molar-refractivity contribution in [3.05, 3.63) is 52.9 Å². The van der Waals surface area contributed by atoms with E-state index in [0.717, 1.165) is 12.1 Å². The first-order valence-corrected chi connectivity index (χ1v) is 8.75. The van der Waals surface area contributed by atoms with E-state index in [2.05, 4.69) is 10.5 Å². The van der Waals surface area contributed by atoms with E-state index in [1.54, 1.807) is 0 Å². The highest BCUT2D eigenvalue weighted by Crippen LogP contribution is 2.33. The highest BCUT2D eigenvalue weighted by atomic mass is 35.6. The smallest absolute Gasteiger partial charge is 0.250 e. The zero-order chi connectivity index (χ0) is 19.9. The summed E-state index contributed by atoms with van der Waals surface area (Å²) in [5, 5.41) is 6.48. The van der Waals surface area contributed by atoms with Gasteiger partial charge in [0.05, 0.1) is 11.6 Å². The minimum atomic E-state index is -2.12. The van der Waals surface area contributed by atoms with Crippen LogP contribution >= 0.6 is 34.8 Å². The van der Waals surface area contributed by atoms with Crippen molar-refractivity contribution in [1.29, 1.82) is 0 Å². The van der Waals surface area contributed by atoms with Gasteiger partial charge in [0, 0.05) is 23.8 Å². The molecule has 142 valence electrons. The summed E-state index contributed by atoms with van der Waals surface area (Å²) in [6.45, 7) is 1.51. The van der Waals surface area contributed by atoms with Crippen molar-refractivity contribution in [2.45, 2.75) is 23.2 Å². The Bertz CT molecular complexity index is 967. The van der Waals surface area contributed by atoms with Gasteiger partial charge in [-0.15, -0.1) is 0 Å². The fourth-order valence-corrected chi connectivity index (χ4v) is 3.10. The summed E-state index contributed by atoms with van der Waals surface area (Å²) < 4.78 is 29.7. The number of ketones is 2. The minimum Gasteiger partial charge on any atom is -0.380 e. The zero-order valence-corrected chi connectivity index (χ0v) is 15.9. The quantitative estimate of drug-likeness (QED) is 0.573. The molecule has 0 amide bonds. The fraction of sp³-hybridized carbons (Fsp3) is 0.235. The molecular formula is C17H11Cl3F2N2O3. The second kappa shape index (κ2) is 7.22. The molecule has 1 aliphatic rings. The van der Waals surface area contributed by atoms with E-state index in [0.29, 0.717) is 0 Å². The lowest BCUT2D eigenvalue weighted by Crippen LogP contribution is -2.38. The molecule has 2 heterocycles. The Morgan fingerprint density at radius 1 is 1.26 bits per heavy atom. The first kappa shape index (κ1) is 19.8. The van der Waals surface area contributed by atoms with Crippen molar-refractivity contribution in [3.8, 4) is 11.3 Å². The zero-order valence-electron chi connectivity index (χ0n) is 13.7. The van der Waals surface area contributed by atoms with Crippen LogP contribution in [0.15, 0.2) is 34.5 Å². The van der Waals surface area contributed by atoms with Gasteiger partial charge in [0.25, 0.3) is 3.79 Å². The van der Waals surface area contributed by atoms with E-state index in [1.165, 1.54) is 19.2 Å². The maximum atomic E-state index is 13.5. The number of benzene rings is 1. The fourth-order valence-electron chi connectivity index (χ4n) is 2.70. The van der Waals surface area contributed by atoms with Gasteiger partial charge in [-0.25, -0.2) is 8.78 Å². The third-order valence-electron chi connectivity index (χ3n) is 4.05. The second-order valence-electron chi connectivity index (χ2n) is 5.88. The molecule has 0 aliphatic carbocycles. The van der Waals surface area contributed by atoms with Gasteiger partial charge in [0.2, 0.25) is 5.78 Å². The molecule has 3 rings (SSSR count). The van der Waals surface area contributed by atoms with Gasteiger partial charge >= 0.3 is 0 Å². The Balaban J connectivity index is 1.90. The lowest BCUT2D eigenvalue weighted by Gasteiger charge is -2.15. The van der Waals surface area contributed by atoms with Crippen LogP contribution in [0.2, 0.25) is 0 Å². The summed E-state index contributed by atoms with van der Waals surface area (Å²) >= 11 is 16.8. The average molecular weight is 436 g/mol. The summed E-state index contributed by atoms with van der Waals surface area (Å²) in [7, 11) is 0. The number of hydrogen-bond donors (Lipinski definition) is 1. The lowest BCUT2D eigenvalue weighted by molar-refractivity contribution is -0.119. The number of aryl methyl sites for hydroxylation is 1. The molecule has 1 aromatic heterocycles. The summed E-state index contributed by atoms with van der Waals surface area (Å²) in [4.78, 5) is 24.9. The Kier molecular flexibility index (Phi) is 5.29. The topological polar surface area (TPSA) is 72.2 Å². The number of nitrogens with one attached hydrogen (secondary N) is 1. The van der Waals surface area contributed by atoms with Crippen molar-refractivity contribution in [2.75, 3.05) is 0 Å². The first-order valence-electron chi connectivity index (χ1n) is 7.62. The van der Waals surface area contributed by atoms with Gasteiger partial charge in [-0.05, 0) is 25.1 Å². The number of carbonyl (C=O) groups is 2. The first-order chi connectivity index (χ1) is 12.6. The van der Waals surface area contributed by atoms with E-state index in [4.69, 9.17) is 39.3 Å². The van der Waals surface area contributed by atoms with Crippen LogP contribution in [-0.2, 0) is 4.79 Å². The summed E-state index contributed by atoms with van der Waals surface area (Å²) in [5.41, 5.74) is 0.553. The Hall–Kier alpha value is -1.96. The molecule has 2 aromatic rings. The number of rotatable bonds is 4. The maximum Gasteiger partial charge on any atom is 0.250 e. The Morgan fingerprint density at radius 2 is 1.96 bits per heavy atom. The predicted molar refractivity (Wildman–Crippen MR) is 95.8 cm³/mol.